The molecular formula is C4H4KN2O2S2+. The molecule has 0 N–H and O–H groups in total. The van der Waals surface area contributed by atoms with Crippen LogP contribution in [0.25, 0.3) is 0 Å². The Morgan fingerprint density at radius 2 is 2.45 bits per heavy atom. The van der Waals surface area contributed by atoms with Crippen LogP contribution in [0.5, 0.6) is 0 Å². The van der Waals surface area contributed by atoms with Gasteiger partial charge >= 0.3 is 51.4 Å². The molecule has 0 heterocycles. The molecule has 0 aliphatic rings. The molecule has 0 spiro atoms. The summed E-state index contributed by atoms with van der Waals surface area (Å²) in [4.78, 5) is 9.15. The van der Waals surface area contributed by atoms with Crippen molar-refractivity contribution in [2.75, 3.05) is 5.75 Å². The molecule has 0 rings (SSSR count). The first-order valence-electron chi connectivity index (χ1n) is 2.21. The summed E-state index contributed by atoms with van der Waals surface area (Å²) in [6, 6.07) is 1.82. The van der Waals surface area contributed by atoms with Gasteiger partial charge in [-0.2, -0.15) is 5.26 Å². The van der Waals surface area contributed by atoms with E-state index in [1.807, 2.05) is 6.07 Å². The third-order valence-electron chi connectivity index (χ3n) is 0.500. The first-order chi connectivity index (χ1) is 4.66. The van der Waals surface area contributed by atoms with Crippen LogP contribution in [-0.2, 0) is 0 Å². The molecule has 7 heteroatoms. The Hall–Kier alpha value is 0.966. The quantitative estimate of drug-likeness (QED) is 0.262. The van der Waals surface area contributed by atoms with E-state index in [0.717, 1.165) is 18.0 Å². The SMILES string of the molecule is N#CCSC(S)=C[N+](=O)[O-].[K+]. The zero-order valence-corrected chi connectivity index (χ0v) is 10.7. The third kappa shape index (κ3) is 11.0. The summed E-state index contributed by atoms with van der Waals surface area (Å²) in [5.74, 6) is 0.184. The second-order valence-electron chi connectivity index (χ2n) is 1.20. The standard InChI is InChI=1S/C4H4N2O2S2.K/c5-1-2-10-4(9)3-6(7)8;/h3,9H,2H2;/q;+1. The van der Waals surface area contributed by atoms with Crippen molar-refractivity contribution in [3.63, 3.8) is 0 Å². The number of nitrogens with zero attached hydrogens (tertiary/aromatic N) is 2. The van der Waals surface area contributed by atoms with E-state index in [1.54, 1.807) is 0 Å². The van der Waals surface area contributed by atoms with Gasteiger partial charge in [0, 0.05) is 0 Å². The summed E-state index contributed by atoms with van der Waals surface area (Å²) in [6.45, 7) is 0. The fourth-order valence-electron chi connectivity index (χ4n) is 0.234. The Labute approximate surface area is 116 Å². The predicted octanol–water partition coefficient (Wildman–Crippen LogP) is -1.75. The van der Waals surface area contributed by atoms with Crippen LogP contribution in [-0.4, -0.2) is 10.7 Å². The van der Waals surface area contributed by atoms with E-state index in [4.69, 9.17) is 5.26 Å². The summed E-state index contributed by atoms with van der Waals surface area (Å²) in [7, 11) is 0. The molecule has 0 aromatic heterocycles. The van der Waals surface area contributed by atoms with Gasteiger partial charge in [-0.05, 0) is 0 Å². The number of thiol groups is 1. The van der Waals surface area contributed by atoms with Crippen LogP contribution >= 0.6 is 24.4 Å². The smallest absolute Gasteiger partial charge is 0.259 e. The molecule has 0 unspecified atom stereocenters. The Morgan fingerprint density at radius 3 is 2.82 bits per heavy atom. The molecular weight excluding hydrogens is 211 g/mol. The molecule has 0 bridgehead atoms. The van der Waals surface area contributed by atoms with Gasteiger partial charge in [0.05, 0.1) is 16.7 Å². The first kappa shape index (κ1) is 14.5. The van der Waals surface area contributed by atoms with Gasteiger partial charge in [-0.25, -0.2) is 0 Å². The van der Waals surface area contributed by atoms with Crippen molar-refractivity contribution >= 4 is 24.4 Å². The second-order valence-corrected chi connectivity index (χ2v) is 3.00. The van der Waals surface area contributed by atoms with E-state index in [0.29, 0.717) is 0 Å². The molecule has 54 valence electrons. The summed E-state index contributed by atoms with van der Waals surface area (Å²) in [5.41, 5.74) is 0. The van der Waals surface area contributed by atoms with E-state index < -0.39 is 4.92 Å². The minimum absolute atomic E-state index is 0. The first-order valence-corrected chi connectivity index (χ1v) is 3.64. The van der Waals surface area contributed by atoms with Gasteiger partial charge in [-0.3, -0.25) is 10.1 Å². The van der Waals surface area contributed by atoms with Gasteiger partial charge in [0.15, 0.2) is 0 Å². The molecule has 0 aromatic carbocycles. The average molecular weight is 215 g/mol. The number of rotatable bonds is 3. The van der Waals surface area contributed by atoms with Crippen molar-refractivity contribution in [1.82, 2.24) is 0 Å². The third-order valence-corrected chi connectivity index (χ3v) is 1.68. The van der Waals surface area contributed by atoms with Gasteiger partial charge in [-0.1, -0.05) is 11.8 Å². The Kier molecular flexibility index (Phi) is 11.9. The molecule has 0 atom stereocenters. The number of nitriles is 1. The number of hydrogen-bond acceptors (Lipinski definition) is 5. The zero-order chi connectivity index (χ0) is 7.98. The van der Waals surface area contributed by atoms with Crippen LogP contribution in [0.15, 0.2) is 10.4 Å². The summed E-state index contributed by atoms with van der Waals surface area (Å²) in [6.07, 6.45) is 0.755. The molecule has 0 aliphatic heterocycles. The summed E-state index contributed by atoms with van der Waals surface area (Å²) in [5, 5.41) is 17.8. The molecule has 0 radical (unpaired) electrons. The normalized spacial score (nSPS) is 9.64. The fourth-order valence-corrected chi connectivity index (χ4v) is 0.895. The summed E-state index contributed by atoms with van der Waals surface area (Å²) < 4.78 is 0.242. The minimum Gasteiger partial charge on any atom is -0.259 e. The van der Waals surface area contributed by atoms with E-state index >= 15 is 0 Å². The number of hydrogen-bond donors (Lipinski definition) is 1. The zero-order valence-electron chi connectivity index (χ0n) is 5.85. The molecule has 0 fully saturated rings. The molecule has 4 nitrogen and oxygen atoms in total. The van der Waals surface area contributed by atoms with E-state index in [-0.39, 0.29) is 61.4 Å². The number of nitro groups is 1. The average Bonchev–Trinajstić information content (AvgIpc) is 1.82. The van der Waals surface area contributed by atoms with Crippen LogP contribution in [0.4, 0.5) is 0 Å². The van der Waals surface area contributed by atoms with E-state index in [2.05, 4.69) is 12.6 Å². The molecule has 0 amide bonds. The predicted molar refractivity (Wildman–Crippen MR) is 42.1 cm³/mol. The maximum Gasteiger partial charge on any atom is 1.00 e. The van der Waals surface area contributed by atoms with Crippen molar-refractivity contribution < 1.29 is 56.3 Å². The van der Waals surface area contributed by atoms with Crippen molar-refractivity contribution in [1.29, 1.82) is 5.26 Å². The Morgan fingerprint density at radius 1 is 1.91 bits per heavy atom. The molecule has 11 heavy (non-hydrogen) atoms. The van der Waals surface area contributed by atoms with Crippen LogP contribution < -0.4 is 51.4 Å². The maximum atomic E-state index is 9.76. The second kappa shape index (κ2) is 9.06. The van der Waals surface area contributed by atoms with Crippen molar-refractivity contribution in [3.8, 4) is 6.07 Å². The number of thioether (sulfide) groups is 1. The van der Waals surface area contributed by atoms with Crippen LogP contribution in [0, 0.1) is 21.4 Å². The topological polar surface area (TPSA) is 66.9 Å². The van der Waals surface area contributed by atoms with E-state index in [1.165, 1.54) is 0 Å². The van der Waals surface area contributed by atoms with Crippen LogP contribution in [0.2, 0.25) is 0 Å². The Balaban J connectivity index is 0. The molecule has 0 aromatic rings. The molecule has 0 saturated carbocycles. The minimum atomic E-state index is -0.604. The summed E-state index contributed by atoms with van der Waals surface area (Å²) >= 11 is 4.76. The molecule has 0 saturated heterocycles. The largest absolute Gasteiger partial charge is 1.00 e. The van der Waals surface area contributed by atoms with Crippen LogP contribution in [0.3, 0.4) is 0 Å². The van der Waals surface area contributed by atoms with Gasteiger partial charge in [0.25, 0.3) is 6.20 Å². The van der Waals surface area contributed by atoms with Crippen molar-refractivity contribution in [3.05, 3.63) is 20.6 Å². The Bertz CT molecular complexity index is 201. The van der Waals surface area contributed by atoms with Gasteiger partial charge < -0.3 is 0 Å². The van der Waals surface area contributed by atoms with Crippen molar-refractivity contribution in [2.45, 2.75) is 0 Å². The van der Waals surface area contributed by atoms with Gasteiger partial charge in [-0.15, -0.1) is 12.6 Å². The van der Waals surface area contributed by atoms with Gasteiger partial charge in [0.2, 0.25) is 0 Å². The van der Waals surface area contributed by atoms with E-state index in [9.17, 15) is 10.1 Å². The van der Waals surface area contributed by atoms with Crippen molar-refractivity contribution in [2.24, 2.45) is 0 Å². The van der Waals surface area contributed by atoms with Gasteiger partial charge in [0.1, 0.15) is 4.24 Å². The fraction of sp³-hybridized carbons (Fsp3) is 0.250. The van der Waals surface area contributed by atoms with Crippen LogP contribution in [0.1, 0.15) is 0 Å². The molecule has 0 aliphatic carbocycles. The monoisotopic (exact) mass is 215 g/mol. The maximum absolute atomic E-state index is 9.76.